The summed E-state index contributed by atoms with van der Waals surface area (Å²) in [5.41, 5.74) is 4.27. The van der Waals surface area contributed by atoms with Gasteiger partial charge < -0.3 is 14.3 Å². The molecule has 3 heterocycles. The van der Waals surface area contributed by atoms with Crippen LogP contribution in [0.1, 0.15) is 28.5 Å². The van der Waals surface area contributed by atoms with E-state index in [0.29, 0.717) is 24.0 Å². The van der Waals surface area contributed by atoms with Gasteiger partial charge in [-0.15, -0.1) is 0 Å². The Morgan fingerprint density at radius 1 is 1.26 bits per heavy atom. The second-order valence-corrected chi connectivity index (χ2v) is 7.15. The van der Waals surface area contributed by atoms with Gasteiger partial charge in [-0.3, -0.25) is 9.69 Å². The monoisotopic (exact) mass is 366 g/mol. The molecule has 1 aliphatic heterocycles. The van der Waals surface area contributed by atoms with Gasteiger partial charge >= 0.3 is 0 Å². The third-order valence-corrected chi connectivity index (χ3v) is 4.80. The van der Waals surface area contributed by atoms with Crippen molar-refractivity contribution in [3.63, 3.8) is 0 Å². The first-order chi connectivity index (χ1) is 13.0. The zero-order valence-corrected chi connectivity index (χ0v) is 15.7. The quantitative estimate of drug-likeness (QED) is 0.746. The maximum Gasteiger partial charge on any atom is 0.238 e. The van der Waals surface area contributed by atoms with Crippen molar-refractivity contribution in [3.05, 3.63) is 53.1 Å². The Morgan fingerprint density at radius 2 is 2.00 bits per heavy atom. The van der Waals surface area contributed by atoms with Crippen LogP contribution >= 0.6 is 0 Å². The average Bonchev–Trinajstić information content (AvgIpc) is 3.24. The second kappa shape index (κ2) is 7.00. The molecule has 0 atom stereocenters. The van der Waals surface area contributed by atoms with Crippen LogP contribution in [-0.4, -0.2) is 40.6 Å². The topological polar surface area (TPSA) is 84.4 Å². The molecular weight excluding hydrogens is 344 g/mol. The van der Waals surface area contributed by atoms with Crippen LogP contribution in [0.4, 0.5) is 5.69 Å². The molecule has 140 valence electrons. The van der Waals surface area contributed by atoms with Crippen LogP contribution in [0.25, 0.3) is 11.6 Å². The average molecular weight is 366 g/mol. The smallest absolute Gasteiger partial charge is 0.238 e. The summed E-state index contributed by atoms with van der Waals surface area (Å²) in [4.78, 5) is 18.8. The van der Waals surface area contributed by atoms with Crippen molar-refractivity contribution in [2.75, 3.05) is 25.0 Å². The number of benzene rings is 1. The summed E-state index contributed by atoms with van der Waals surface area (Å²) in [6, 6.07) is 7.73. The van der Waals surface area contributed by atoms with E-state index < -0.39 is 0 Å². The molecule has 0 spiro atoms. The van der Waals surface area contributed by atoms with E-state index in [2.05, 4.69) is 39.4 Å². The molecule has 2 aromatic heterocycles. The predicted octanol–water partition coefficient (Wildman–Crippen LogP) is 3.29. The Morgan fingerprint density at radius 3 is 2.67 bits per heavy atom. The van der Waals surface area contributed by atoms with Gasteiger partial charge in [0.05, 0.1) is 18.7 Å². The third kappa shape index (κ3) is 3.64. The van der Waals surface area contributed by atoms with Crippen molar-refractivity contribution in [2.45, 2.75) is 26.7 Å². The van der Waals surface area contributed by atoms with Gasteiger partial charge in [0.1, 0.15) is 0 Å². The van der Waals surface area contributed by atoms with Gasteiger partial charge in [-0.05, 0) is 44.0 Å². The highest BCUT2D eigenvalue weighted by Gasteiger charge is 2.34. The summed E-state index contributed by atoms with van der Waals surface area (Å²) in [7, 11) is 0. The highest BCUT2D eigenvalue weighted by molar-refractivity contribution is 5.93. The molecule has 1 saturated heterocycles. The van der Waals surface area contributed by atoms with E-state index in [1.165, 1.54) is 5.56 Å². The summed E-state index contributed by atoms with van der Waals surface area (Å²) >= 11 is 0. The molecule has 3 aromatic rings. The molecule has 1 aromatic carbocycles. The minimum atomic E-state index is -0.00898. The highest BCUT2D eigenvalue weighted by atomic mass is 16.5. The van der Waals surface area contributed by atoms with Gasteiger partial charge in [0, 0.05) is 18.8 Å². The van der Waals surface area contributed by atoms with Crippen LogP contribution in [0.3, 0.4) is 0 Å². The maximum absolute atomic E-state index is 12.4. The van der Waals surface area contributed by atoms with Crippen LogP contribution in [-0.2, 0) is 4.79 Å². The number of aryl methyl sites for hydroxylation is 3. The Labute approximate surface area is 157 Å². The molecule has 0 aliphatic carbocycles. The van der Waals surface area contributed by atoms with Crippen molar-refractivity contribution >= 4 is 11.6 Å². The number of aromatic nitrogens is 2. The summed E-state index contributed by atoms with van der Waals surface area (Å²) in [6.07, 6.45) is 1.58. The number of nitrogens with one attached hydrogen (secondary N) is 1. The second-order valence-electron chi connectivity index (χ2n) is 7.15. The standard InChI is InChI=1S/C20H22N4O3/c1-12-7-13(2)18(14(3)8-12)21-17(25)11-24-9-15(10-24)20-22-19(23-27-20)16-5-4-6-26-16/h4-8,15H,9-11H2,1-3H3,(H,21,25). The molecule has 1 fully saturated rings. The highest BCUT2D eigenvalue weighted by Crippen LogP contribution is 2.28. The van der Waals surface area contributed by atoms with E-state index in [0.717, 1.165) is 29.9 Å². The number of amides is 1. The van der Waals surface area contributed by atoms with E-state index in [1.807, 2.05) is 13.8 Å². The molecule has 7 heteroatoms. The summed E-state index contributed by atoms with van der Waals surface area (Å²) in [5.74, 6) is 1.77. The zero-order valence-electron chi connectivity index (χ0n) is 15.7. The fraction of sp³-hybridized carbons (Fsp3) is 0.350. The van der Waals surface area contributed by atoms with Gasteiger partial charge in [-0.1, -0.05) is 22.9 Å². The molecule has 1 amide bonds. The number of anilines is 1. The van der Waals surface area contributed by atoms with Gasteiger partial charge in [0.15, 0.2) is 5.76 Å². The minimum absolute atomic E-state index is 0.00898. The first-order valence-electron chi connectivity index (χ1n) is 8.97. The fourth-order valence-electron chi connectivity index (χ4n) is 3.52. The van der Waals surface area contributed by atoms with Crippen molar-refractivity contribution in [3.8, 4) is 11.6 Å². The molecule has 27 heavy (non-hydrogen) atoms. The van der Waals surface area contributed by atoms with Crippen LogP contribution in [0.15, 0.2) is 39.5 Å². The summed E-state index contributed by atoms with van der Waals surface area (Å²) < 4.78 is 10.6. The lowest BCUT2D eigenvalue weighted by Crippen LogP contribution is -2.48. The fourth-order valence-corrected chi connectivity index (χ4v) is 3.52. The third-order valence-electron chi connectivity index (χ3n) is 4.80. The largest absolute Gasteiger partial charge is 0.461 e. The lowest BCUT2D eigenvalue weighted by molar-refractivity contribution is -0.118. The first kappa shape index (κ1) is 17.5. The number of hydrogen-bond acceptors (Lipinski definition) is 6. The Hall–Kier alpha value is -2.93. The molecule has 1 aliphatic rings. The molecule has 1 N–H and O–H groups in total. The van der Waals surface area contributed by atoms with E-state index in [1.54, 1.807) is 18.4 Å². The van der Waals surface area contributed by atoms with Gasteiger partial charge in [-0.25, -0.2) is 0 Å². The van der Waals surface area contributed by atoms with Crippen molar-refractivity contribution in [2.24, 2.45) is 0 Å². The number of hydrogen-bond donors (Lipinski definition) is 1. The van der Waals surface area contributed by atoms with Crippen molar-refractivity contribution in [1.29, 1.82) is 0 Å². The van der Waals surface area contributed by atoms with Crippen LogP contribution < -0.4 is 5.32 Å². The molecular formula is C20H22N4O3. The number of rotatable bonds is 5. The van der Waals surface area contributed by atoms with Gasteiger partial charge in [0.2, 0.25) is 17.6 Å². The van der Waals surface area contributed by atoms with Crippen LogP contribution in [0, 0.1) is 20.8 Å². The van der Waals surface area contributed by atoms with E-state index >= 15 is 0 Å². The van der Waals surface area contributed by atoms with Gasteiger partial charge in [0.25, 0.3) is 0 Å². The Balaban J connectivity index is 1.31. The van der Waals surface area contributed by atoms with E-state index in [9.17, 15) is 4.79 Å². The first-order valence-corrected chi connectivity index (χ1v) is 8.97. The molecule has 7 nitrogen and oxygen atoms in total. The zero-order chi connectivity index (χ0) is 19.0. The predicted molar refractivity (Wildman–Crippen MR) is 100 cm³/mol. The van der Waals surface area contributed by atoms with Crippen LogP contribution in [0.5, 0.6) is 0 Å². The van der Waals surface area contributed by atoms with Gasteiger partial charge in [-0.2, -0.15) is 4.98 Å². The summed E-state index contributed by atoms with van der Waals surface area (Å²) in [6.45, 7) is 7.88. The normalized spacial score (nSPS) is 14.9. The molecule has 0 unspecified atom stereocenters. The maximum atomic E-state index is 12.4. The molecule has 0 saturated carbocycles. The lowest BCUT2D eigenvalue weighted by atomic mass is 10.00. The SMILES string of the molecule is Cc1cc(C)c(NC(=O)CN2CC(c3nc(-c4ccco4)no3)C2)c(C)c1. The Bertz CT molecular complexity index is 933. The van der Waals surface area contributed by atoms with E-state index in [4.69, 9.17) is 8.94 Å². The Kier molecular flexibility index (Phi) is 4.53. The molecule has 0 radical (unpaired) electrons. The minimum Gasteiger partial charge on any atom is -0.461 e. The number of carbonyl (C=O) groups is 1. The lowest BCUT2D eigenvalue weighted by Gasteiger charge is -2.36. The van der Waals surface area contributed by atoms with Crippen LogP contribution in [0.2, 0.25) is 0 Å². The number of likely N-dealkylation sites (tertiary alicyclic amines) is 1. The summed E-state index contributed by atoms with van der Waals surface area (Å²) in [5, 5.41) is 6.99. The number of nitrogens with zero attached hydrogens (tertiary/aromatic N) is 3. The van der Waals surface area contributed by atoms with Crippen molar-refractivity contribution in [1.82, 2.24) is 15.0 Å². The molecule has 4 rings (SSSR count). The number of furan rings is 1. The molecule has 0 bridgehead atoms. The number of carbonyl (C=O) groups excluding carboxylic acids is 1. The van der Waals surface area contributed by atoms with E-state index in [-0.39, 0.29) is 11.8 Å². The van der Waals surface area contributed by atoms with Crippen molar-refractivity contribution < 1.29 is 13.7 Å².